The van der Waals surface area contributed by atoms with Crippen molar-refractivity contribution >= 4 is 39.6 Å². The van der Waals surface area contributed by atoms with E-state index in [2.05, 4.69) is 20.5 Å². The second-order valence-corrected chi connectivity index (χ2v) is 9.26. The number of aromatic nitrogens is 3. The number of amides is 2. The van der Waals surface area contributed by atoms with Crippen molar-refractivity contribution in [3.8, 4) is 0 Å². The van der Waals surface area contributed by atoms with Gasteiger partial charge in [0.25, 0.3) is 5.91 Å². The van der Waals surface area contributed by atoms with Crippen molar-refractivity contribution in [2.24, 2.45) is 0 Å². The number of anilines is 1. The van der Waals surface area contributed by atoms with E-state index < -0.39 is 17.1 Å². The number of rotatable bonds is 5. The van der Waals surface area contributed by atoms with Crippen molar-refractivity contribution in [2.45, 2.75) is 31.4 Å². The third-order valence-corrected chi connectivity index (χ3v) is 7.00. The molecule has 7 nitrogen and oxygen atoms in total. The first-order valence-corrected chi connectivity index (χ1v) is 11.6. The van der Waals surface area contributed by atoms with Crippen molar-refractivity contribution in [1.82, 2.24) is 20.1 Å². The van der Waals surface area contributed by atoms with E-state index >= 15 is 0 Å². The molecule has 0 spiro atoms. The van der Waals surface area contributed by atoms with Gasteiger partial charge in [0.15, 0.2) is 0 Å². The van der Waals surface area contributed by atoms with Crippen LogP contribution in [-0.4, -0.2) is 45.0 Å². The Kier molecular flexibility index (Phi) is 6.70. The van der Waals surface area contributed by atoms with E-state index in [4.69, 9.17) is 0 Å². The van der Waals surface area contributed by atoms with Crippen LogP contribution in [0.1, 0.15) is 44.8 Å². The second-order valence-electron chi connectivity index (χ2n) is 7.39. The molecule has 1 N–H and O–H groups in total. The topological polar surface area (TPSA) is 88.1 Å². The minimum absolute atomic E-state index is 0.0328. The standard InChI is InChI=1S/C20H17F4N5O2S2/c21-13-3-1-11(2-4-13)9-15(30)29-7-5-12(6-8-29)17-25-14(10-32-17)16(31)26-19-28-27-18(33-19)20(22,23)24/h1-4,10,12H,5-9H2,(H,26,28,31). The average molecular weight is 500 g/mol. The van der Waals surface area contributed by atoms with E-state index in [0.29, 0.717) is 25.9 Å². The molecule has 0 aliphatic carbocycles. The Morgan fingerprint density at radius 3 is 2.45 bits per heavy atom. The summed E-state index contributed by atoms with van der Waals surface area (Å²) in [5.74, 6) is -0.966. The lowest BCUT2D eigenvalue weighted by Gasteiger charge is -2.31. The molecule has 3 aromatic rings. The molecule has 0 atom stereocenters. The molecule has 2 amide bonds. The van der Waals surface area contributed by atoms with Gasteiger partial charge in [-0.3, -0.25) is 14.9 Å². The molecule has 1 aromatic carbocycles. The zero-order chi connectivity index (χ0) is 23.6. The van der Waals surface area contributed by atoms with Crippen LogP contribution in [0.2, 0.25) is 0 Å². The highest BCUT2D eigenvalue weighted by molar-refractivity contribution is 7.15. The maximum Gasteiger partial charge on any atom is 0.445 e. The number of halogens is 4. The van der Waals surface area contributed by atoms with Gasteiger partial charge in [-0.15, -0.1) is 21.5 Å². The molecule has 1 saturated heterocycles. The second kappa shape index (κ2) is 9.51. The van der Waals surface area contributed by atoms with Crippen molar-refractivity contribution in [2.75, 3.05) is 18.4 Å². The van der Waals surface area contributed by atoms with Crippen LogP contribution in [-0.2, 0) is 17.4 Å². The fourth-order valence-corrected chi connectivity index (χ4v) is 4.97. The predicted molar refractivity (Wildman–Crippen MR) is 114 cm³/mol. The van der Waals surface area contributed by atoms with Crippen molar-refractivity contribution in [3.05, 3.63) is 56.7 Å². The number of benzene rings is 1. The van der Waals surface area contributed by atoms with E-state index in [-0.39, 0.29) is 46.2 Å². The van der Waals surface area contributed by atoms with Gasteiger partial charge in [-0.2, -0.15) is 13.2 Å². The quantitative estimate of drug-likeness (QED) is 0.528. The van der Waals surface area contributed by atoms with Crippen LogP contribution in [0.15, 0.2) is 29.6 Å². The molecule has 1 aliphatic rings. The number of thiazole rings is 1. The third-order valence-electron chi connectivity index (χ3n) is 5.11. The number of carbonyl (C=O) groups is 2. The van der Waals surface area contributed by atoms with E-state index in [0.717, 1.165) is 10.6 Å². The molecule has 13 heteroatoms. The van der Waals surface area contributed by atoms with Gasteiger partial charge in [-0.1, -0.05) is 23.5 Å². The van der Waals surface area contributed by atoms with Crippen LogP contribution < -0.4 is 5.32 Å². The van der Waals surface area contributed by atoms with Gasteiger partial charge in [0, 0.05) is 24.4 Å². The maximum atomic E-state index is 13.0. The first kappa shape index (κ1) is 23.2. The normalized spacial score (nSPS) is 15.0. The number of nitrogens with zero attached hydrogens (tertiary/aromatic N) is 4. The minimum atomic E-state index is -4.62. The monoisotopic (exact) mass is 499 g/mol. The molecule has 4 rings (SSSR count). The lowest BCUT2D eigenvalue weighted by atomic mass is 9.97. The molecular formula is C20H17F4N5O2S2. The molecule has 0 unspecified atom stereocenters. The first-order valence-electron chi connectivity index (χ1n) is 9.89. The Balaban J connectivity index is 1.30. The Hall–Kier alpha value is -2.93. The summed E-state index contributed by atoms with van der Waals surface area (Å²) in [6.07, 6.45) is -3.07. The lowest BCUT2D eigenvalue weighted by molar-refractivity contribution is -0.138. The van der Waals surface area contributed by atoms with Gasteiger partial charge in [-0.25, -0.2) is 9.37 Å². The van der Waals surface area contributed by atoms with Gasteiger partial charge in [0.05, 0.1) is 11.4 Å². The van der Waals surface area contributed by atoms with Gasteiger partial charge in [0.1, 0.15) is 11.5 Å². The summed E-state index contributed by atoms with van der Waals surface area (Å²) < 4.78 is 50.9. The average Bonchev–Trinajstić information content (AvgIpc) is 3.45. The Morgan fingerprint density at radius 2 is 1.82 bits per heavy atom. The minimum Gasteiger partial charge on any atom is -0.342 e. The van der Waals surface area contributed by atoms with E-state index in [1.165, 1.54) is 23.5 Å². The highest BCUT2D eigenvalue weighted by Crippen LogP contribution is 2.34. The molecule has 1 aliphatic heterocycles. The first-order chi connectivity index (χ1) is 15.7. The highest BCUT2D eigenvalue weighted by atomic mass is 32.1. The SMILES string of the molecule is O=C(Nc1nnc(C(F)(F)F)s1)c1csc(C2CCN(C(=O)Cc3ccc(F)cc3)CC2)n1. The molecule has 0 saturated carbocycles. The molecule has 2 aromatic heterocycles. The third kappa shape index (κ3) is 5.71. The van der Waals surface area contributed by atoms with Gasteiger partial charge in [-0.05, 0) is 30.5 Å². The molecular weight excluding hydrogens is 482 g/mol. The van der Waals surface area contributed by atoms with Crippen LogP contribution >= 0.6 is 22.7 Å². The number of carbonyl (C=O) groups excluding carboxylic acids is 2. The smallest absolute Gasteiger partial charge is 0.342 e. The fourth-order valence-electron chi connectivity index (χ4n) is 3.39. The highest BCUT2D eigenvalue weighted by Gasteiger charge is 2.36. The molecule has 0 radical (unpaired) electrons. The largest absolute Gasteiger partial charge is 0.445 e. The van der Waals surface area contributed by atoms with Crippen molar-refractivity contribution in [3.63, 3.8) is 0 Å². The van der Waals surface area contributed by atoms with Crippen molar-refractivity contribution in [1.29, 1.82) is 0 Å². The van der Waals surface area contributed by atoms with Gasteiger partial charge < -0.3 is 4.90 Å². The fraction of sp³-hybridized carbons (Fsp3) is 0.350. The molecule has 0 bridgehead atoms. The summed E-state index contributed by atoms with van der Waals surface area (Å²) >= 11 is 1.54. The molecule has 174 valence electrons. The summed E-state index contributed by atoms with van der Waals surface area (Å²) in [5.41, 5.74) is 0.838. The van der Waals surface area contributed by atoms with Crippen molar-refractivity contribution < 1.29 is 27.2 Å². The molecule has 33 heavy (non-hydrogen) atoms. The van der Waals surface area contributed by atoms with E-state index in [9.17, 15) is 27.2 Å². The molecule has 3 heterocycles. The van der Waals surface area contributed by atoms with E-state index in [1.807, 2.05) is 0 Å². The summed E-state index contributed by atoms with van der Waals surface area (Å²) in [6.45, 7) is 1.08. The summed E-state index contributed by atoms with van der Waals surface area (Å²) in [5, 5.41) is 9.54. The van der Waals surface area contributed by atoms with Crippen LogP contribution in [0.5, 0.6) is 0 Å². The van der Waals surface area contributed by atoms with Gasteiger partial charge in [0.2, 0.25) is 16.0 Å². The van der Waals surface area contributed by atoms with E-state index in [1.54, 1.807) is 22.4 Å². The number of piperidine rings is 1. The number of hydrogen-bond acceptors (Lipinski definition) is 7. The van der Waals surface area contributed by atoms with Gasteiger partial charge >= 0.3 is 6.18 Å². The van der Waals surface area contributed by atoms with Crippen LogP contribution in [0.25, 0.3) is 0 Å². The summed E-state index contributed by atoms with van der Waals surface area (Å²) in [7, 11) is 0. The molecule has 1 fully saturated rings. The van der Waals surface area contributed by atoms with Crippen LogP contribution in [0.4, 0.5) is 22.7 Å². The number of likely N-dealkylation sites (tertiary alicyclic amines) is 1. The number of hydrogen-bond donors (Lipinski definition) is 1. The number of alkyl halides is 3. The Morgan fingerprint density at radius 1 is 1.12 bits per heavy atom. The predicted octanol–water partition coefficient (Wildman–Crippen LogP) is 4.35. The van der Waals surface area contributed by atoms with Crippen LogP contribution in [0, 0.1) is 5.82 Å². The zero-order valence-electron chi connectivity index (χ0n) is 16.9. The summed E-state index contributed by atoms with van der Waals surface area (Å²) in [4.78, 5) is 30.9. The Bertz CT molecular complexity index is 1140. The summed E-state index contributed by atoms with van der Waals surface area (Å²) in [6, 6.07) is 5.83. The Labute approximate surface area is 193 Å². The van der Waals surface area contributed by atoms with Crippen LogP contribution in [0.3, 0.4) is 0 Å². The lowest BCUT2D eigenvalue weighted by Crippen LogP contribution is -2.38. The maximum absolute atomic E-state index is 13.0. The zero-order valence-corrected chi connectivity index (χ0v) is 18.6. The number of nitrogens with one attached hydrogen (secondary N) is 1.